The average Bonchev–Trinajstić information content (AvgIpc) is 3.17. The summed E-state index contributed by atoms with van der Waals surface area (Å²) in [5.74, 6) is 0. The molecule has 152 valence electrons. The fourth-order valence-corrected chi connectivity index (χ4v) is 3.88. The van der Waals surface area contributed by atoms with Crippen molar-refractivity contribution in [1.29, 1.82) is 0 Å². The number of hydrogen-bond donors (Lipinski definition) is 2. The van der Waals surface area contributed by atoms with Gasteiger partial charge in [-0.15, -0.1) is 0 Å². The van der Waals surface area contributed by atoms with E-state index >= 15 is 0 Å². The highest BCUT2D eigenvalue weighted by Crippen LogP contribution is 2.26. The van der Waals surface area contributed by atoms with Crippen LogP contribution in [0.3, 0.4) is 0 Å². The SMILES string of the molecule is O=C(OCc1ccccc1)N1CCN(c2ccc3c(c2)[nH]c2nc[nH]c(=O)c23)CC1. The number of nitrogens with zero attached hydrogens (tertiary/aromatic N) is 3. The van der Waals surface area contributed by atoms with Gasteiger partial charge in [-0.25, -0.2) is 9.78 Å². The van der Waals surface area contributed by atoms with Crippen LogP contribution in [0.4, 0.5) is 10.5 Å². The smallest absolute Gasteiger partial charge is 0.410 e. The first kappa shape index (κ1) is 18.2. The lowest BCUT2D eigenvalue weighted by Crippen LogP contribution is -2.48. The topological polar surface area (TPSA) is 94.3 Å². The Bertz CT molecular complexity index is 1260. The van der Waals surface area contributed by atoms with E-state index in [2.05, 4.69) is 19.9 Å². The molecule has 1 aliphatic rings. The molecule has 1 aliphatic heterocycles. The van der Waals surface area contributed by atoms with Crippen molar-refractivity contribution in [2.24, 2.45) is 0 Å². The molecule has 0 spiro atoms. The average molecular weight is 403 g/mol. The standard InChI is InChI=1S/C22H21N5O3/c28-21-19-17-7-6-16(12-18(17)25-20(19)23-14-24-21)26-8-10-27(11-9-26)22(29)30-13-15-4-2-1-3-5-15/h1-7,12,14H,8-11,13H2,(H2,23,24,25,28). The van der Waals surface area contributed by atoms with Crippen LogP contribution in [0.25, 0.3) is 21.9 Å². The van der Waals surface area contributed by atoms with Crippen LogP contribution in [0.1, 0.15) is 5.56 Å². The van der Waals surface area contributed by atoms with E-state index < -0.39 is 0 Å². The summed E-state index contributed by atoms with van der Waals surface area (Å²) in [6, 6.07) is 15.7. The number of H-pyrrole nitrogens is 2. The van der Waals surface area contributed by atoms with Crippen LogP contribution in [-0.4, -0.2) is 52.1 Å². The highest BCUT2D eigenvalue weighted by atomic mass is 16.6. The molecule has 0 radical (unpaired) electrons. The summed E-state index contributed by atoms with van der Waals surface area (Å²) in [5, 5.41) is 1.43. The minimum atomic E-state index is -0.283. The van der Waals surface area contributed by atoms with Gasteiger partial charge in [0, 0.05) is 42.8 Å². The Labute approximate surface area is 172 Å². The number of aromatic amines is 2. The van der Waals surface area contributed by atoms with Crippen LogP contribution in [0, 0.1) is 0 Å². The van der Waals surface area contributed by atoms with Crippen molar-refractivity contribution in [2.45, 2.75) is 6.61 Å². The Balaban J connectivity index is 1.25. The number of carbonyl (C=O) groups excluding carboxylic acids is 1. The van der Waals surface area contributed by atoms with Gasteiger partial charge in [-0.05, 0) is 23.8 Å². The molecule has 1 fully saturated rings. The Morgan fingerprint density at radius 1 is 1.07 bits per heavy atom. The number of rotatable bonds is 3. The van der Waals surface area contributed by atoms with Gasteiger partial charge in [-0.3, -0.25) is 4.79 Å². The van der Waals surface area contributed by atoms with Gasteiger partial charge in [0.2, 0.25) is 0 Å². The van der Waals surface area contributed by atoms with Gasteiger partial charge in [0.25, 0.3) is 5.56 Å². The first-order chi connectivity index (χ1) is 14.7. The molecule has 0 atom stereocenters. The Kier molecular flexibility index (Phi) is 4.59. The van der Waals surface area contributed by atoms with Gasteiger partial charge in [0.05, 0.1) is 11.7 Å². The molecule has 0 bridgehead atoms. The summed E-state index contributed by atoms with van der Waals surface area (Å²) in [4.78, 5) is 38.5. The van der Waals surface area contributed by atoms with E-state index in [-0.39, 0.29) is 18.3 Å². The lowest BCUT2D eigenvalue weighted by Gasteiger charge is -2.35. The van der Waals surface area contributed by atoms with Gasteiger partial charge in [-0.2, -0.15) is 0 Å². The molecule has 2 aromatic heterocycles. The molecule has 8 heteroatoms. The molecule has 0 aliphatic carbocycles. The fourth-order valence-electron chi connectivity index (χ4n) is 3.88. The number of nitrogens with one attached hydrogen (secondary N) is 2. The molecule has 0 unspecified atom stereocenters. The molecule has 1 saturated heterocycles. The molecule has 5 rings (SSSR count). The molecule has 2 N–H and O–H groups in total. The number of carbonyl (C=O) groups is 1. The van der Waals surface area contributed by atoms with E-state index in [4.69, 9.17) is 4.74 Å². The first-order valence-corrected chi connectivity index (χ1v) is 9.89. The predicted molar refractivity (Wildman–Crippen MR) is 115 cm³/mol. The predicted octanol–water partition coefficient (Wildman–Crippen LogP) is 2.86. The third kappa shape index (κ3) is 3.36. The summed E-state index contributed by atoms with van der Waals surface area (Å²) < 4.78 is 5.44. The highest BCUT2D eigenvalue weighted by Gasteiger charge is 2.23. The second kappa shape index (κ2) is 7.55. The largest absolute Gasteiger partial charge is 0.445 e. The third-order valence-corrected chi connectivity index (χ3v) is 5.49. The summed E-state index contributed by atoms with van der Waals surface area (Å²) in [6.45, 7) is 2.90. The number of piperazine rings is 1. The van der Waals surface area contributed by atoms with Gasteiger partial charge in [-0.1, -0.05) is 30.3 Å². The zero-order valence-electron chi connectivity index (χ0n) is 16.3. The summed E-state index contributed by atoms with van der Waals surface area (Å²) >= 11 is 0. The summed E-state index contributed by atoms with van der Waals surface area (Å²) in [7, 11) is 0. The molecular weight excluding hydrogens is 382 g/mol. The number of benzene rings is 2. The van der Waals surface area contributed by atoms with Gasteiger partial charge in [0.15, 0.2) is 0 Å². The maximum absolute atomic E-state index is 12.4. The van der Waals surface area contributed by atoms with Crippen molar-refractivity contribution < 1.29 is 9.53 Å². The minimum Gasteiger partial charge on any atom is -0.445 e. The lowest BCUT2D eigenvalue weighted by molar-refractivity contribution is 0.0942. The number of hydrogen-bond acceptors (Lipinski definition) is 5. The lowest BCUT2D eigenvalue weighted by atomic mass is 10.1. The molecule has 2 aromatic carbocycles. The minimum absolute atomic E-state index is 0.151. The van der Waals surface area contributed by atoms with Gasteiger partial charge >= 0.3 is 6.09 Å². The Morgan fingerprint density at radius 2 is 1.87 bits per heavy atom. The van der Waals surface area contributed by atoms with Crippen molar-refractivity contribution in [3.8, 4) is 0 Å². The van der Waals surface area contributed by atoms with Crippen molar-refractivity contribution in [3.05, 3.63) is 70.8 Å². The Hall–Kier alpha value is -3.81. The van der Waals surface area contributed by atoms with Crippen molar-refractivity contribution in [2.75, 3.05) is 31.1 Å². The zero-order chi connectivity index (χ0) is 20.5. The second-order valence-electron chi connectivity index (χ2n) is 7.32. The molecular formula is C22H21N5O3. The molecule has 1 amide bonds. The van der Waals surface area contributed by atoms with Crippen LogP contribution in [0.5, 0.6) is 0 Å². The number of ether oxygens (including phenoxy) is 1. The van der Waals surface area contributed by atoms with E-state index in [0.29, 0.717) is 37.2 Å². The van der Waals surface area contributed by atoms with Crippen molar-refractivity contribution in [3.63, 3.8) is 0 Å². The molecule has 0 saturated carbocycles. The van der Waals surface area contributed by atoms with Gasteiger partial charge < -0.3 is 24.5 Å². The zero-order valence-corrected chi connectivity index (χ0v) is 16.3. The van der Waals surface area contributed by atoms with Crippen LogP contribution >= 0.6 is 0 Å². The van der Waals surface area contributed by atoms with Crippen LogP contribution in [0.15, 0.2) is 59.7 Å². The van der Waals surface area contributed by atoms with E-state index in [1.54, 1.807) is 4.90 Å². The monoisotopic (exact) mass is 403 g/mol. The molecule has 30 heavy (non-hydrogen) atoms. The van der Waals surface area contributed by atoms with E-state index in [1.807, 2.05) is 48.5 Å². The first-order valence-electron chi connectivity index (χ1n) is 9.89. The number of fused-ring (bicyclic) bond motifs is 3. The number of anilines is 1. The quantitative estimate of drug-likeness (QED) is 0.549. The number of aromatic nitrogens is 3. The van der Waals surface area contributed by atoms with Crippen LogP contribution < -0.4 is 10.5 Å². The third-order valence-electron chi connectivity index (χ3n) is 5.49. The van der Waals surface area contributed by atoms with E-state index in [0.717, 1.165) is 22.2 Å². The Morgan fingerprint density at radius 3 is 2.67 bits per heavy atom. The summed E-state index contributed by atoms with van der Waals surface area (Å²) in [6.07, 6.45) is 1.12. The number of amides is 1. The fraction of sp³-hybridized carbons (Fsp3) is 0.227. The molecule has 4 aromatic rings. The maximum Gasteiger partial charge on any atom is 0.410 e. The second-order valence-corrected chi connectivity index (χ2v) is 7.32. The maximum atomic E-state index is 12.4. The molecule has 8 nitrogen and oxygen atoms in total. The van der Waals surface area contributed by atoms with E-state index in [9.17, 15) is 9.59 Å². The normalized spacial score (nSPS) is 14.4. The van der Waals surface area contributed by atoms with E-state index in [1.165, 1.54) is 6.33 Å². The van der Waals surface area contributed by atoms with Crippen molar-refractivity contribution in [1.82, 2.24) is 19.9 Å². The van der Waals surface area contributed by atoms with Gasteiger partial charge in [0.1, 0.15) is 12.3 Å². The molecule has 3 heterocycles. The van der Waals surface area contributed by atoms with Crippen molar-refractivity contribution >= 4 is 33.7 Å². The highest BCUT2D eigenvalue weighted by molar-refractivity contribution is 6.06. The summed E-state index contributed by atoms with van der Waals surface area (Å²) in [5.41, 5.74) is 3.32. The van der Waals surface area contributed by atoms with Crippen LogP contribution in [-0.2, 0) is 11.3 Å². The van der Waals surface area contributed by atoms with Crippen LogP contribution in [0.2, 0.25) is 0 Å².